The average molecular weight is 360 g/mol. The fourth-order valence-electron chi connectivity index (χ4n) is 3.00. The number of anilines is 2. The van der Waals surface area contributed by atoms with Crippen molar-refractivity contribution >= 4 is 17.4 Å². The maximum absolute atomic E-state index is 12.8. The number of nitrogens with one attached hydrogen (secondary N) is 1. The van der Waals surface area contributed by atoms with Crippen molar-refractivity contribution in [3.8, 4) is 0 Å². The van der Waals surface area contributed by atoms with Crippen LogP contribution in [0, 0.1) is 6.92 Å². The summed E-state index contributed by atoms with van der Waals surface area (Å²) in [4.78, 5) is 22.9. The van der Waals surface area contributed by atoms with Crippen LogP contribution in [0.2, 0.25) is 0 Å². The summed E-state index contributed by atoms with van der Waals surface area (Å²) < 4.78 is 0. The van der Waals surface area contributed by atoms with Crippen molar-refractivity contribution in [2.24, 2.45) is 0 Å². The van der Waals surface area contributed by atoms with Gasteiger partial charge in [-0.25, -0.2) is 9.97 Å². The molecule has 3 rings (SSSR count). The van der Waals surface area contributed by atoms with E-state index in [1.165, 1.54) is 11.9 Å². The van der Waals surface area contributed by atoms with Gasteiger partial charge in [-0.05, 0) is 30.0 Å². The minimum atomic E-state index is -0.134. The van der Waals surface area contributed by atoms with Gasteiger partial charge in [-0.15, -0.1) is 0 Å². The molecule has 1 amide bonds. The van der Waals surface area contributed by atoms with Gasteiger partial charge in [0.15, 0.2) is 0 Å². The van der Waals surface area contributed by atoms with Crippen molar-refractivity contribution in [3.05, 3.63) is 83.3 Å². The normalized spacial score (nSPS) is 10.5. The van der Waals surface area contributed by atoms with Gasteiger partial charge in [-0.1, -0.05) is 55.5 Å². The van der Waals surface area contributed by atoms with Crippen LogP contribution in [0.4, 0.5) is 11.5 Å². The first kappa shape index (κ1) is 18.6. The van der Waals surface area contributed by atoms with Crippen LogP contribution in [0.5, 0.6) is 0 Å². The maximum Gasteiger partial charge on any atom is 0.272 e. The van der Waals surface area contributed by atoms with Crippen LogP contribution < -0.4 is 5.32 Å². The van der Waals surface area contributed by atoms with Crippen LogP contribution in [0.3, 0.4) is 0 Å². The highest BCUT2D eigenvalue weighted by atomic mass is 16.2. The molecule has 0 aliphatic rings. The molecule has 0 aliphatic heterocycles. The van der Waals surface area contributed by atoms with Gasteiger partial charge in [-0.3, -0.25) is 4.79 Å². The third-order valence-corrected chi connectivity index (χ3v) is 4.49. The Kier molecular flexibility index (Phi) is 5.81. The van der Waals surface area contributed by atoms with Crippen LogP contribution in [0.25, 0.3) is 0 Å². The second-order valence-corrected chi connectivity index (χ2v) is 6.52. The van der Waals surface area contributed by atoms with Crippen LogP contribution >= 0.6 is 0 Å². The summed E-state index contributed by atoms with van der Waals surface area (Å²) in [7, 11) is 1.78. The molecule has 0 spiro atoms. The SMILES string of the molecule is CCc1cccc(C)c1Nc1cc(C(=O)N(C)Cc2ccccc2)ncn1. The van der Waals surface area contributed by atoms with Crippen molar-refractivity contribution in [2.75, 3.05) is 12.4 Å². The van der Waals surface area contributed by atoms with E-state index in [0.717, 1.165) is 23.2 Å². The molecule has 0 saturated carbocycles. The topological polar surface area (TPSA) is 58.1 Å². The second kappa shape index (κ2) is 8.45. The fourth-order valence-corrected chi connectivity index (χ4v) is 3.00. The van der Waals surface area contributed by atoms with Gasteiger partial charge < -0.3 is 10.2 Å². The van der Waals surface area contributed by atoms with E-state index in [9.17, 15) is 4.79 Å². The summed E-state index contributed by atoms with van der Waals surface area (Å²) in [5.41, 5.74) is 4.84. The molecule has 0 saturated heterocycles. The summed E-state index contributed by atoms with van der Waals surface area (Å²) in [6.07, 6.45) is 2.34. The number of hydrogen-bond acceptors (Lipinski definition) is 4. The lowest BCUT2D eigenvalue weighted by Gasteiger charge is -2.17. The molecular formula is C22H24N4O. The Morgan fingerprint density at radius 2 is 1.85 bits per heavy atom. The monoisotopic (exact) mass is 360 g/mol. The first-order valence-corrected chi connectivity index (χ1v) is 9.05. The minimum Gasteiger partial charge on any atom is -0.340 e. The third kappa shape index (κ3) is 4.50. The molecule has 0 radical (unpaired) electrons. The lowest BCUT2D eigenvalue weighted by atomic mass is 10.1. The highest BCUT2D eigenvalue weighted by Crippen LogP contribution is 2.24. The molecule has 5 nitrogen and oxygen atoms in total. The number of hydrogen-bond donors (Lipinski definition) is 1. The van der Waals surface area contributed by atoms with E-state index in [4.69, 9.17) is 0 Å². The molecule has 5 heteroatoms. The van der Waals surface area contributed by atoms with Crippen LogP contribution in [0.1, 0.15) is 34.1 Å². The molecule has 1 aromatic heterocycles. The number of aromatic nitrogens is 2. The zero-order valence-corrected chi connectivity index (χ0v) is 15.9. The van der Waals surface area contributed by atoms with E-state index in [0.29, 0.717) is 18.1 Å². The van der Waals surface area contributed by atoms with Crippen LogP contribution in [-0.2, 0) is 13.0 Å². The summed E-state index contributed by atoms with van der Waals surface area (Å²) >= 11 is 0. The van der Waals surface area contributed by atoms with Gasteiger partial charge in [0.25, 0.3) is 5.91 Å². The molecule has 2 aromatic carbocycles. The number of carbonyl (C=O) groups is 1. The van der Waals surface area contributed by atoms with Crippen LogP contribution in [-0.4, -0.2) is 27.8 Å². The zero-order chi connectivity index (χ0) is 19.2. The molecule has 1 N–H and O–H groups in total. The van der Waals surface area contributed by atoms with Gasteiger partial charge in [0.05, 0.1) is 0 Å². The van der Waals surface area contributed by atoms with Crippen molar-refractivity contribution in [1.82, 2.24) is 14.9 Å². The van der Waals surface area contributed by atoms with Crippen LogP contribution in [0.15, 0.2) is 60.9 Å². The van der Waals surface area contributed by atoms with E-state index >= 15 is 0 Å². The second-order valence-electron chi connectivity index (χ2n) is 6.52. The highest BCUT2D eigenvalue weighted by molar-refractivity contribution is 5.92. The molecule has 3 aromatic rings. The molecule has 138 valence electrons. The molecular weight excluding hydrogens is 336 g/mol. The van der Waals surface area contributed by atoms with E-state index in [2.05, 4.69) is 41.3 Å². The Labute approximate surface area is 160 Å². The Morgan fingerprint density at radius 3 is 2.59 bits per heavy atom. The largest absolute Gasteiger partial charge is 0.340 e. The summed E-state index contributed by atoms with van der Waals surface area (Å²) in [5, 5.41) is 3.35. The van der Waals surface area contributed by atoms with E-state index in [-0.39, 0.29) is 5.91 Å². The molecule has 1 heterocycles. The Bertz CT molecular complexity index is 925. The van der Waals surface area contributed by atoms with Crippen molar-refractivity contribution < 1.29 is 4.79 Å². The molecule has 0 atom stereocenters. The standard InChI is InChI=1S/C22H24N4O/c1-4-18-12-8-9-16(2)21(18)25-20-13-19(23-15-24-20)22(27)26(3)14-17-10-6-5-7-11-17/h5-13,15H,4,14H2,1-3H3,(H,23,24,25). The smallest absolute Gasteiger partial charge is 0.272 e. The van der Waals surface area contributed by atoms with E-state index < -0.39 is 0 Å². The van der Waals surface area contributed by atoms with E-state index in [1.807, 2.05) is 36.4 Å². The van der Waals surface area contributed by atoms with Gasteiger partial charge in [-0.2, -0.15) is 0 Å². The predicted molar refractivity (Wildman–Crippen MR) is 108 cm³/mol. The van der Waals surface area contributed by atoms with Crippen molar-refractivity contribution in [1.29, 1.82) is 0 Å². The molecule has 0 fully saturated rings. The predicted octanol–water partition coefficient (Wildman–Crippen LogP) is 4.36. The lowest BCUT2D eigenvalue weighted by molar-refractivity contribution is 0.0779. The van der Waals surface area contributed by atoms with Gasteiger partial charge in [0.2, 0.25) is 0 Å². The lowest BCUT2D eigenvalue weighted by Crippen LogP contribution is -2.27. The Hall–Kier alpha value is -3.21. The first-order valence-electron chi connectivity index (χ1n) is 9.05. The summed E-state index contributed by atoms with van der Waals surface area (Å²) in [5.74, 6) is 0.482. The summed E-state index contributed by atoms with van der Waals surface area (Å²) in [6, 6.07) is 17.8. The van der Waals surface area contributed by atoms with E-state index in [1.54, 1.807) is 18.0 Å². The maximum atomic E-state index is 12.8. The molecule has 0 aliphatic carbocycles. The number of carbonyl (C=O) groups excluding carboxylic acids is 1. The van der Waals surface area contributed by atoms with Gasteiger partial charge in [0.1, 0.15) is 17.8 Å². The van der Waals surface area contributed by atoms with Gasteiger partial charge >= 0.3 is 0 Å². The van der Waals surface area contributed by atoms with Gasteiger partial charge in [0, 0.05) is 25.3 Å². The number of nitrogens with zero attached hydrogens (tertiary/aromatic N) is 3. The molecule has 0 unspecified atom stereocenters. The molecule has 0 bridgehead atoms. The first-order chi connectivity index (χ1) is 13.1. The molecule has 27 heavy (non-hydrogen) atoms. The van der Waals surface area contributed by atoms with Crippen molar-refractivity contribution in [2.45, 2.75) is 26.8 Å². The fraction of sp³-hybridized carbons (Fsp3) is 0.227. The number of amides is 1. The highest BCUT2D eigenvalue weighted by Gasteiger charge is 2.15. The average Bonchev–Trinajstić information content (AvgIpc) is 2.70. The zero-order valence-electron chi connectivity index (χ0n) is 15.9. The quantitative estimate of drug-likeness (QED) is 0.709. The Balaban J connectivity index is 1.78. The number of aryl methyl sites for hydroxylation is 2. The third-order valence-electron chi connectivity index (χ3n) is 4.49. The number of benzene rings is 2. The number of para-hydroxylation sites is 1. The Morgan fingerprint density at radius 1 is 1.07 bits per heavy atom. The minimum absolute atomic E-state index is 0.134. The number of rotatable bonds is 6. The summed E-state index contributed by atoms with van der Waals surface area (Å²) in [6.45, 7) is 4.71. The van der Waals surface area contributed by atoms with Crippen molar-refractivity contribution in [3.63, 3.8) is 0 Å².